The number of hydrogen-bond acceptors (Lipinski definition) is 3. The molecule has 0 aliphatic rings. The quantitative estimate of drug-likeness (QED) is 0.763. The highest BCUT2D eigenvalue weighted by atomic mass is 32.1. The molecule has 2 rings (SSSR count). The second-order valence-corrected chi connectivity index (χ2v) is 3.80. The molecule has 72 valence electrons. The monoisotopic (exact) mass is 212 g/mol. The molecular formula is C9H5FO3S. The summed E-state index contributed by atoms with van der Waals surface area (Å²) in [4.78, 5) is 10.6. The minimum atomic E-state index is -1.23. The summed E-state index contributed by atoms with van der Waals surface area (Å²) in [6.07, 6.45) is 0. The Kier molecular flexibility index (Phi) is 1.89. The number of carboxylic acids is 1. The van der Waals surface area contributed by atoms with Crippen LogP contribution in [-0.4, -0.2) is 16.2 Å². The Bertz CT molecular complexity index is 518. The van der Waals surface area contributed by atoms with Crippen LogP contribution in [0.5, 0.6) is 5.75 Å². The molecule has 0 atom stereocenters. The van der Waals surface area contributed by atoms with Crippen molar-refractivity contribution in [2.75, 3.05) is 0 Å². The maximum atomic E-state index is 12.8. The van der Waals surface area contributed by atoms with Gasteiger partial charge in [-0.05, 0) is 23.6 Å². The molecule has 0 saturated heterocycles. The standard InChI is InChI=1S/C9H5FO3S/c10-8-2-4-1-5(9(12)13)6(11)3-7(4)14-8/h1-3,11H,(H,12,13). The Labute approximate surface area is 82.0 Å². The van der Waals surface area contributed by atoms with E-state index in [1.54, 1.807) is 0 Å². The van der Waals surface area contributed by atoms with Gasteiger partial charge in [0.2, 0.25) is 0 Å². The van der Waals surface area contributed by atoms with E-state index in [9.17, 15) is 14.3 Å². The number of benzene rings is 1. The van der Waals surface area contributed by atoms with Gasteiger partial charge in [0.1, 0.15) is 11.3 Å². The Morgan fingerprint density at radius 1 is 1.36 bits per heavy atom. The van der Waals surface area contributed by atoms with Crippen molar-refractivity contribution < 1.29 is 19.4 Å². The molecule has 0 saturated carbocycles. The lowest BCUT2D eigenvalue weighted by atomic mass is 10.1. The Hall–Kier alpha value is -1.62. The minimum absolute atomic E-state index is 0.213. The predicted molar refractivity (Wildman–Crippen MR) is 50.4 cm³/mol. The van der Waals surface area contributed by atoms with E-state index < -0.39 is 11.1 Å². The fourth-order valence-corrected chi connectivity index (χ4v) is 2.02. The zero-order valence-electron chi connectivity index (χ0n) is 6.82. The van der Waals surface area contributed by atoms with E-state index in [4.69, 9.17) is 5.11 Å². The molecule has 2 aromatic rings. The van der Waals surface area contributed by atoms with Crippen molar-refractivity contribution in [2.24, 2.45) is 0 Å². The molecule has 5 heteroatoms. The van der Waals surface area contributed by atoms with Crippen molar-refractivity contribution in [3.05, 3.63) is 28.9 Å². The van der Waals surface area contributed by atoms with Gasteiger partial charge in [-0.3, -0.25) is 0 Å². The summed E-state index contributed by atoms with van der Waals surface area (Å²) in [5.74, 6) is -1.57. The first-order valence-electron chi connectivity index (χ1n) is 3.73. The van der Waals surface area contributed by atoms with Gasteiger partial charge >= 0.3 is 5.97 Å². The van der Waals surface area contributed by atoms with Crippen molar-refractivity contribution in [2.45, 2.75) is 0 Å². The number of hydrogen-bond donors (Lipinski definition) is 2. The van der Waals surface area contributed by atoms with Gasteiger partial charge in [-0.15, -0.1) is 11.3 Å². The van der Waals surface area contributed by atoms with Gasteiger partial charge < -0.3 is 10.2 Å². The minimum Gasteiger partial charge on any atom is -0.507 e. The van der Waals surface area contributed by atoms with E-state index in [0.717, 1.165) is 11.3 Å². The summed E-state index contributed by atoms with van der Waals surface area (Å²) in [6.45, 7) is 0. The molecule has 0 aliphatic heterocycles. The second kappa shape index (κ2) is 2.95. The number of thiophene rings is 1. The first-order valence-corrected chi connectivity index (χ1v) is 4.55. The first kappa shape index (κ1) is 8.96. The van der Waals surface area contributed by atoms with Gasteiger partial charge in [0.05, 0.1) is 0 Å². The van der Waals surface area contributed by atoms with Crippen molar-refractivity contribution in [1.82, 2.24) is 0 Å². The van der Waals surface area contributed by atoms with Crippen LogP contribution in [0.25, 0.3) is 10.1 Å². The van der Waals surface area contributed by atoms with Gasteiger partial charge in [-0.1, -0.05) is 0 Å². The number of rotatable bonds is 1. The summed E-state index contributed by atoms with van der Waals surface area (Å²) in [7, 11) is 0. The molecule has 0 radical (unpaired) electrons. The third-order valence-corrected chi connectivity index (χ3v) is 2.72. The van der Waals surface area contributed by atoms with Crippen LogP contribution < -0.4 is 0 Å². The van der Waals surface area contributed by atoms with Crippen LogP contribution in [-0.2, 0) is 0 Å². The lowest BCUT2D eigenvalue weighted by molar-refractivity contribution is 0.0694. The largest absolute Gasteiger partial charge is 0.507 e. The molecule has 0 unspecified atom stereocenters. The van der Waals surface area contributed by atoms with E-state index in [0.29, 0.717) is 10.1 Å². The van der Waals surface area contributed by atoms with Gasteiger partial charge in [0, 0.05) is 4.70 Å². The molecule has 14 heavy (non-hydrogen) atoms. The Morgan fingerprint density at radius 3 is 2.71 bits per heavy atom. The number of carboxylic acid groups (broad SMARTS) is 1. The number of halogens is 1. The first-order chi connectivity index (χ1) is 6.58. The van der Waals surface area contributed by atoms with Crippen molar-refractivity contribution in [3.63, 3.8) is 0 Å². The smallest absolute Gasteiger partial charge is 0.339 e. The molecule has 1 aromatic carbocycles. The number of aromatic carboxylic acids is 1. The van der Waals surface area contributed by atoms with Crippen LogP contribution in [0.1, 0.15) is 10.4 Å². The highest BCUT2D eigenvalue weighted by molar-refractivity contribution is 7.17. The molecule has 0 aliphatic carbocycles. The van der Waals surface area contributed by atoms with E-state index in [1.165, 1.54) is 18.2 Å². The molecule has 1 heterocycles. The van der Waals surface area contributed by atoms with Crippen LogP contribution in [0.2, 0.25) is 0 Å². The van der Waals surface area contributed by atoms with Crippen LogP contribution in [0.4, 0.5) is 4.39 Å². The maximum absolute atomic E-state index is 12.8. The Balaban J connectivity index is 2.76. The maximum Gasteiger partial charge on any atom is 0.339 e. The second-order valence-electron chi connectivity index (χ2n) is 2.76. The zero-order valence-corrected chi connectivity index (χ0v) is 7.64. The van der Waals surface area contributed by atoms with Gasteiger partial charge in [-0.2, -0.15) is 4.39 Å². The van der Waals surface area contributed by atoms with Crippen LogP contribution >= 0.6 is 11.3 Å². The highest BCUT2D eigenvalue weighted by Gasteiger charge is 2.12. The van der Waals surface area contributed by atoms with Gasteiger partial charge in [0.25, 0.3) is 0 Å². The predicted octanol–water partition coefficient (Wildman–Crippen LogP) is 2.44. The molecule has 1 aromatic heterocycles. The molecule has 2 N–H and O–H groups in total. The topological polar surface area (TPSA) is 57.5 Å². The number of phenols is 1. The molecule has 3 nitrogen and oxygen atoms in total. The summed E-state index contributed by atoms with van der Waals surface area (Å²) in [5, 5.41) is 18.1. The number of carbonyl (C=O) groups is 1. The van der Waals surface area contributed by atoms with Crippen LogP contribution in [0.15, 0.2) is 18.2 Å². The normalized spacial score (nSPS) is 10.6. The van der Waals surface area contributed by atoms with Gasteiger partial charge in [0.15, 0.2) is 5.13 Å². The summed E-state index contributed by atoms with van der Waals surface area (Å²) in [5.41, 5.74) is -0.213. The third-order valence-electron chi connectivity index (χ3n) is 1.83. The lowest BCUT2D eigenvalue weighted by Gasteiger charge is -1.98. The Morgan fingerprint density at radius 2 is 2.07 bits per heavy atom. The molecule has 0 bridgehead atoms. The van der Waals surface area contributed by atoms with E-state index in [-0.39, 0.29) is 11.3 Å². The number of aromatic hydroxyl groups is 1. The zero-order chi connectivity index (χ0) is 10.3. The van der Waals surface area contributed by atoms with E-state index >= 15 is 0 Å². The summed E-state index contributed by atoms with van der Waals surface area (Å²) < 4.78 is 13.3. The summed E-state index contributed by atoms with van der Waals surface area (Å²) in [6, 6.07) is 3.75. The van der Waals surface area contributed by atoms with Crippen LogP contribution in [0.3, 0.4) is 0 Å². The molecule has 0 amide bonds. The molecule has 0 spiro atoms. The highest BCUT2D eigenvalue weighted by Crippen LogP contribution is 2.30. The summed E-state index contributed by atoms with van der Waals surface area (Å²) >= 11 is 0.867. The number of fused-ring (bicyclic) bond motifs is 1. The average molecular weight is 212 g/mol. The van der Waals surface area contributed by atoms with Crippen molar-refractivity contribution >= 4 is 27.4 Å². The fraction of sp³-hybridized carbons (Fsp3) is 0. The fourth-order valence-electron chi connectivity index (χ4n) is 1.22. The molecule has 0 fully saturated rings. The third kappa shape index (κ3) is 1.31. The van der Waals surface area contributed by atoms with E-state index in [1.807, 2.05) is 0 Å². The average Bonchev–Trinajstić information content (AvgIpc) is 2.42. The van der Waals surface area contributed by atoms with Gasteiger partial charge in [-0.25, -0.2) is 4.79 Å². The van der Waals surface area contributed by atoms with Crippen molar-refractivity contribution in [3.8, 4) is 5.75 Å². The van der Waals surface area contributed by atoms with Crippen molar-refractivity contribution in [1.29, 1.82) is 0 Å². The van der Waals surface area contributed by atoms with E-state index in [2.05, 4.69) is 0 Å². The lowest BCUT2D eigenvalue weighted by Crippen LogP contribution is -1.95. The SMILES string of the molecule is O=C(O)c1cc2cc(F)sc2cc1O. The van der Waals surface area contributed by atoms with Crippen LogP contribution in [0, 0.1) is 5.13 Å². The molecular weight excluding hydrogens is 207 g/mol.